The summed E-state index contributed by atoms with van der Waals surface area (Å²) in [5, 5.41) is 3.47. The second kappa shape index (κ2) is 6.35. The highest BCUT2D eigenvalue weighted by Gasteiger charge is 2.41. The van der Waals surface area contributed by atoms with Crippen molar-refractivity contribution in [2.24, 2.45) is 5.92 Å². The molecule has 0 bridgehead atoms. The third-order valence-electron chi connectivity index (χ3n) is 5.74. The molecule has 138 valence electrons. The first kappa shape index (κ1) is 17.5. The van der Waals surface area contributed by atoms with E-state index in [2.05, 4.69) is 24.2 Å². The Hall–Kier alpha value is -1.92. The number of rotatable bonds is 2. The van der Waals surface area contributed by atoms with Gasteiger partial charge in [-0.2, -0.15) is 0 Å². The molecule has 1 unspecified atom stereocenters. The molecule has 2 aliphatic heterocycles. The Kier molecular flexibility index (Phi) is 4.28. The normalized spacial score (nSPS) is 25.5. The van der Waals surface area contributed by atoms with Gasteiger partial charge >= 0.3 is 0 Å². The maximum Gasteiger partial charge on any atom is 0.206 e. The summed E-state index contributed by atoms with van der Waals surface area (Å²) in [6, 6.07) is 10.9. The Morgan fingerprint density at radius 1 is 1.15 bits per heavy atom. The van der Waals surface area contributed by atoms with Crippen LogP contribution in [0.25, 0.3) is 0 Å². The van der Waals surface area contributed by atoms with Crippen LogP contribution in [0.4, 0.5) is 10.1 Å². The van der Waals surface area contributed by atoms with E-state index in [0.29, 0.717) is 17.9 Å². The van der Waals surface area contributed by atoms with E-state index in [1.54, 1.807) is 12.1 Å². The minimum atomic E-state index is -3.74. The number of benzene rings is 2. The van der Waals surface area contributed by atoms with Crippen molar-refractivity contribution in [3.8, 4) is 0 Å². The Labute approximate surface area is 153 Å². The summed E-state index contributed by atoms with van der Waals surface area (Å²) in [5.74, 6) is 0.238. The average Bonchev–Trinajstić information content (AvgIpc) is 2.76. The van der Waals surface area contributed by atoms with Crippen molar-refractivity contribution in [2.45, 2.75) is 35.1 Å². The Balaban J connectivity index is 1.79. The van der Waals surface area contributed by atoms with E-state index in [1.807, 2.05) is 6.07 Å². The first-order valence-electron chi connectivity index (χ1n) is 8.98. The van der Waals surface area contributed by atoms with Gasteiger partial charge in [0, 0.05) is 24.7 Å². The third-order valence-corrected chi connectivity index (χ3v) is 7.49. The molecule has 1 N–H and O–H groups in total. The van der Waals surface area contributed by atoms with Gasteiger partial charge in [-0.15, -0.1) is 0 Å². The third kappa shape index (κ3) is 2.72. The second-order valence-corrected chi connectivity index (χ2v) is 9.31. The van der Waals surface area contributed by atoms with E-state index in [9.17, 15) is 12.8 Å². The molecule has 2 aromatic carbocycles. The molecule has 1 saturated heterocycles. The van der Waals surface area contributed by atoms with E-state index >= 15 is 0 Å². The molecular weight excluding hydrogens is 351 g/mol. The molecule has 0 spiro atoms. The van der Waals surface area contributed by atoms with Gasteiger partial charge in [0.2, 0.25) is 9.84 Å². The summed E-state index contributed by atoms with van der Waals surface area (Å²) in [4.78, 5) is 2.52. The molecule has 2 aliphatic rings. The topological polar surface area (TPSA) is 49.4 Å². The SMILES string of the molecule is CC1CNCC[C@@H]2c3cc(S(=O)(=O)c4cccc(F)c4)ccc3N(C)[C@H]12. The number of sulfone groups is 1. The van der Waals surface area contributed by atoms with Crippen molar-refractivity contribution < 1.29 is 12.8 Å². The standard InChI is InChI=1S/C20H23FN2O2S/c1-13-12-22-9-8-17-18-11-16(6-7-19(18)23(2)20(13)17)26(24,25)15-5-3-4-14(21)10-15/h3-7,10-11,13,17,20,22H,8-9,12H2,1-2H3/t13?,17-,20-/m1/s1. The molecule has 0 amide bonds. The van der Waals surface area contributed by atoms with E-state index in [4.69, 9.17) is 0 Å². The average molecular weight is 374 g/mol. The zero-order valence-corrected chi connectivity index (χ0v) is 15.8. The van der Waals surface area contributed by atoms with Crippen LogP contribution in [0.2, 0.25) is 0 Å². The van der Waals surface area contributed by atoms with Gasteiger partial charge < -0.3 is 10.2 Å². The van der Waals surface area contributed by atoms with Gasteiger partial charge in [0.25, 0.3) is 0 Å². The highest BCUT2D eigenvalue weighted by atomic mass is 32.2. The molecule has 0 radical (unpaired) electrons. The van der Waals surface area contributed by atoms with E-state index in [-0.39, 0.29) is 9.79 Å². The fourth-order valence-electron chi connectivity index (χ4n) is 4.52. The fraction of sp³-hybridized carbons (Fsp3) is 0.400. The van der Waals surface area contributed by atoms with Crippen molar-refractivity contribution >= 4 is 15.5 Å². The van der Waals surface area contributed by atoms with Crippen LogP contribution in [0.3, 0.4) is 0 Å². The van der Waals surface area contributed by atoms with Gasteiger partial charge in [-0.25, -0.2) is 12.8 Å². The van der Waals surface area contributed by atoms with Crippen molar-refractivity contribution in [3.05, 3.63) is 53.8 Å². The quantitative estimate of drug-likeness (QED) is 0.877. The van der Waals surface area contributed by atoms with Crippen LogP contribution in [0.1, 0.15) is 24.8 Å². The van der Waals surface area contributed by atoms with Crippen molar-refractivity contribution in [1.29, 1.82) is 0 Å². The van der Waals surface area contributed by atoms with Gasteiger partial charge in [0.1, 0.15) is 5.82 Å². The van der Waals surface area contributed by atoms with Gasteiger partial charge in [-0.1, -0.05) is 13.0 Å². The van der Waals surface area contributed by atoms with Crippen LogP contribution in [-0.4, -0.2) is 34.6 Å². The number of hydrogen-bond donors (Lipinski definition) is 1. The van der Waals surface area contributed by atoms with Crippen molar-refractivity contribution in [2.75, 3.05) is 25.0 Å². The number of fused-ring (bicyclic) bond motifs is 3. The molecule has 2 heterocycles. The molecule has 4 nitrogen and oxygen atoms in total. The summed E-state index contributed by atoms with van der Waals surface area (Å²) in [6.45, 7) is 4.14. The Morgan fingerprint density at radius 3 is 2.69 bits per heavy atom. The van der Waals surface area contributed by atoms with Gasteiger partial charge in [0.05, 0.1) is 9.79 Å². The van der Waals surface area contributed by atoms with Crippen molar-refractivity contribution in [3.63, 3.8) is 0 Å². The molecule has 26 heavy (non-hydrogen) atoms. The van der Waals surface area contributed by atoms with Gasteiger partial charge in [0.15, 0.2) is 0 Å². The molecule has 0 aromatic heterocycles. The number of likely N-dealkylation sites (N-methyl/N-ethyl adjacent to an activating group) is 1. The molecule has 3 atom stereocenters. The molecule has 0 aliphatic carbocycles. The van der Waals surface area contributed by atoms with Crippen molar-refractivity contribution in [1.82, 2.24) is 5.32 Å². The monoisotopic (exact) mass is 374 g/mol. The second-order valence-electron chi connectivity index (χ2n) is 7.36. The molecule has 0 saturated carbocycles. The summed E-state index contributed by atoms with van der Waals surface area (Å²) in [7, 11) is -1.65. The van der Waals surface area contributed by atoms with E-state index in [0.717, 1.165) is 36.8 Å². The van der Waals surface area contributed by atoms with Crippen LogP contribution < -0.4 is 10.2 Å². The largest absolute Gasteiger partial charge is 0.370 e. The lowest BCUT2D eigenvalue weighted by molar-refractivity contribution is 0.417. The maximum absolute atomic E-state index is 13.5. The number of anilines is 1. The first-order valence-corrected chi connectivity index (χ1v) is 10.5. The molecule has 1 fully saturated rings. The molecule has 6 heteroatoms. The minimum absolute atomic E-state index is 0.00347. The number of halogens is 1. The minimum Gasteiger partial charge on any atom is -0.370 e. The van der Waals surface area contributed by atoms with Gasteiger partial charge in [-0.3, -0.25) is 0 Å². The molecular formula is C20H23FN2O2S. The maximum atomic E-state index is 13.5. The summed E-state index contributed by atoms with van der Waals surface area (Å²) < 4.78 is 39.4. The van der Waals surface area contributed by atoms with Crippen LogP contribution in [0.15, 0.2) is 52.3 Å². The predicted molar refractivity (Wildman–Crippen MR) is 99.9 cm³/mol. The van der Waals surface area contributed by atoms with Gasteiger partial charge in [-0.05, 0) is 67.4 Å². The zero-order chi connectivity index (χ0) is 18.5. The highest BCUT2D eigenvalue weighted by Crippen LogP contribution is 2.46. The van der Waals surface area contributed by atoms with Crippen LogP contribution in [-0.2, 0) is 9.84 Å². The van der Waals surface area contributed by atoms with Crippen LogP contribution in [0.5, 0.6) is 0 Å². The van der Waals surface area contributed by atoms with Crippen LogP contribution in [0, 0.1) is 11.7 Å². The van der Waals surface area contributed by atoms with E-state index in [1.165, 1.54) is 18.2 Å². The fourth-order valence-corrected chi connectivity index (χ4v) is 5.84. The summed E-state index contributed by atoms with van der Waals surface area (Å²) in [6.07, 6.45) is 0.982. The van der Waals surface area contributed by atoms with E-state index < -0.39 is 15.7 Å². The molecule has 2 aromatic rings. The smallest absolute Gasteiger partial charge is 0.206 e. The highest BCUT2D eigenvalue weighted by molar-refractivity contribution is 7.91. The zero-order valence-electron chi connectivity index (χ0n) is 14.9. The number of hydrogen-bond acceptors (Lipinski definition) is 4. The van der Waals surface area contributed by atoms with Crippen LogP contribution >= 0.6 is 0 Å². The summed E-state index contributed by atoms with van der Waals surface area (Å²) in [5.41, 5.74) is 2.19. The molecule has 4 rings (SSSR count). The predicted octanol–water partition coefficient (Wildman–Crippen LogP) is 3.19. The lowest BCUT2D eigenvalue weighted by Gasteiger charge is -2.30. The first-order chi connectivity index (χ1) is 12.4. The lowest BCUT2D eigenvalue weighted by Crippen LogP contribution is -2.38. The Morgan fingerprint density at radius 2 is 1.92 bits per heavy atom. The summed E-state index contributed by atoms with van der Waals surface area (Å²) >= 11 is 0. The Bertz CT molecular complexity index is 945. The lowest BCUT2D eigenvalue weighted by atomic mass is 9.86. The number of nitrogens with zero attached hydrogens (tertiary/aromatic N) is 1. The number of nitrogens with one attached hydrogen (secondary N) is 1.